The van der Waals surface area contributed by atoms with Crippen LogP contribution in [0, 0.1) is 13.8 Å². The van der Waals surface area contributed by atoms with Crippen LogP contribution in [0.4, 0.5) is 0 Å². The van der Waals surface area contributed by atoms with Crippen molar-refractivity contribution in [1.82, 2.24) is 14.8 Å². The monoisotopic (exact) mass is 438 g/mol. The molecule has 2 aliphatic heterocycles. The summed E-state index contributed by atoms with van der Waals surface area (Å²) < 4.78 is 0. The average molecular weight is 439 g/mol. The molecule has 1 unspecified atom stereocenters. The first-order valence-electron chi connectivity index (χ1n) is 11.1. The Morgan fingerprint density at radius 2 is 1.77 bits per heavy atom. The summed E-state index contributed by atoms with van der Waals surface area (Å²) in [6.07, 6.45) is 0.670. The summed E-state index contributed by atoms with van der Waals surface area (Å²) in [5.41, 5.74) is 5.39. The van der Waals surface area contributed by atoms with Crippen molar-refractivity contribution in [3.05, 3.63) is 69.7 Å². The zero-order chi connectivity index (χ0) is 22.0. The van der Waals surface area contributed by atoms with Crippen LogP contribution in [0.25, 0.3) is 0 Å². The van der Waals surface area contributed by atoms with Crippen LogP contribution >= 0.6 is 11.6 Å². The Labute approximate surface area is 190 Å². The number of hydrazone groups is 1. The molecule has 1 saturated heterocycles. The van der Waals surface area contributed by atoms with Gasteiger partial charge >= 0.3 is 0 Å². The largest absolute Gasteiger partial charge is 0.301 e. The number of aryl methyl sites for hydroxylation is 2. The van der Waals surface area contributed by atoms with Gasteiger partial charge in [0, 0.05) is 43.2 Å². The van der Waals surface area contributed by atoms with E-state index in [1.807, 2.05) is 24.3 Å². The summed E-state index contributed by atoms with van der Waals surface area (Å²) in [4.78, 5) is 18.1. The van der Waals surface area contributed by atoms with Gasteiger partial charge in [-0.1, -0.05) is 54.4 Å². The number of piperazine rings is 1. The van der Waals surface area contributed by atoms with E-state index in [1.165, 1.54) is 11.1 Å². The van der Waals surface area contributed by atoms with Gasteiger partial charge in [-0.25, -0.2) is 5.01 Å². The Bertz CT molecular complexity index is 981. The summed E-state index contributed by atoms with van der Waals surface area (Å²) in [6.45, 7) is 11.7. The van der Waals surface area contributed by atoms with Gasteiger partial charge in [0.1, 0.15) is 0 Å². The van der Waals surface area contributed by atoms with E-state index in [0.29, 0.717) is 18.0 Å². The molecule has 2 aromatic carbocycles. The minimum absolute atomic E-state index is 0.0372. The maximum absolute atomic E-state index is 13.4. The molecule has 164 valence electrons. The highest BCUT2D eigenvalue weighted by Crippen LogP contribution is 2.37. The van der Waals surface area contributed by atoms with Gasteiger partial charge < -0.3 is 4.90 Å². The van der Waals surface area contributed by atoms with E-state index in [4.69, 9.17) is 16.7 Å². The second-order valence-corrected chi connectivity index (χ2v) is 8.96. The summed E-state index contributed by atoms with van der Waals surface area (Å²) >= 11 is 6.54. The number of benzene rings is 2. The van der Waals surface area contributed by atoms with E-state index in [9.17, 15) is 4.79 Å². The van der Waals surface area contributed by atoms with E-state index < -0.39 is 0 Å². The van der Waals surface area contributed by atoms with Crippen LogP contribution < -0.4 is 0 Å². The average Bonchev–Trinajstić information content (AvgIpc) is 3.21. The number of amides is 1. The van der Waals surface area contributed by atoms with Crippen molar-refractivity contribution in [2.24, 2.45) is 5.10 Å². The number of hydrogen-bond acceptors (Lipinski definition) is 4. The molecule has 0 radical (unpaired) electrons. The molecule has 0 aromatic heterocycles. The quantitative estimate of drug-likeness (QED) is 0.699. The fourth-order valence-electron chi connectivity index (χ4n) is 4.46. The summed E-state index contributed by atoms with van der Waals surface area (Å²) in [5, 5.41) is 7.23. The minimum Gasteiger partial charge on any atom is -0.301 e. The highest BCUT2D eigenvalue weighted by molar-refractivity contribution is 6.31. The molecular weight excluding hydrogens is 408 g/mol. The molecule has 2 aromatic rings. The van der Waals surface area contributed by atoms with Crippen molar-refractivity contribution in [1.29, 1.82) is 0 Å². The molecule has 0 bridgehead atoms. The molecule has 0 aliphatic carbocycles. The Morgan fingerprint density at radius 1 is 1.06 bits per heavy atom. The second-order valence-electron chi connectivity index (χ2n) is 8.56. The first kappa shape index (κ1) is 22.0. The van der Waals surface area contributed by atoms with Crippen molar-refractivity contribution in [3.63, 3.8) is 0 Å². The predicted molar refractivity (Wildman–Crippen MR) is 127 cm³/mol. The van der Waals surface area contributed by atoms with E-state index >= 15 is 0 Å². The lowest BCUT2D eigenvalue weighted by Gasteiger charge is -2.34. The fourth-order valence-corrected chi connectivity index (χ4v) is 4.73. The number of hydrogen-bond donors (Lipinski definition) is 0. The lowest BCUT2D eigenvalue weighted by Crippen LogP contribution is -2.49. The van der Waals surface area contributed by atoms with E-state index in [0.717, 1.165) is 49.6 Å². The first-order valence-corrected chi connectivity index (χ1v) is 11.5. The third-order valence-corrected chi connectivity index (χ3v) is 6.75. The molecule has 5 nitrogen and oxygen atoms in total. The van der Waals surface area contributed by atoms with Crippen molar-refractivity contribution < 1.29 is 4.79 Å². The van der Waals surface area contributed by atoms with Crippen LogP contribution in [0.5, 0.6) is 0 Å². The maximum Gasteiger partial charge on any atom is 0.257 e. The van der Waals surface area contributed by atoms with Crippen LogP contribution in [0.3, 0.4) is 0 Å². The zero-order valence-corrected chi connectivity index (χ0v) is 19.4. The van der Waals surface area contributed by atoms with Crippen LogP contribution in [-0.2, 0) is 4.79 Å². The van der Waals surface area contributed by atoms with Crippen LogP contribution in [0.2, 0.25) is 5.02 Å². The van der Waals surface area contributed by atoms with Crippen molar-refractivity contribution in [3.8, 4) is 0 Å². The summed E-state index contributed by atoms with van der Waals surface area (Å²) in [6, 6.07) is 14.0. The Morgan fingerprint density at radius 3 is 2.48 bits per heavy atom. The van der Waals surface area contributed by atoms with E-state index in [2.05, 4.69) is 48.8 Å². The van der Waals surface area contributed by atoms with Gasteiger partial charge in [-0.05, 0) is 43.7 Å². The van der Waals surface area contributed by atoms with Gasteiger partial charge in [0.15, 0.2) is 0 Å². The minimum atomic E-state index is -0.173. The molecule has 0 spiro atoms. The lowest BCUT2D eigenvalue weighted by atomic mass is 9.95. The predicted octanol–water partition coefficient (Wildman–Crippen LogP) is 4.27. The van der Waals surface area contributed by atoms with Crippen molar-refractivity contribution in [2.75, 3.05) is 39.3 Å². The number of likely N-dealkylation sites (N-methyl/N-ethyl adjacent to an activating group) is 1. The molecular formula is C25H31ClN4O. The third kappa shape index (κ3) is 4.84. The van der Waals surface area contributed by atoms with Crippen LogP contribution in [-0.4, -0.2) is 65.7 Å². The second kappa shape index (κ2) is 9.51. The summed E-state index contributed by atoms with van der Waals surface area (Å²) in [5.74, 6) is 0.0372. The zero-order valence-electron chi connectivity index (χ0n) is 18.6. The Kier molecular flexibility index (Phi) is 6.75. The Balaban J connectivity index is 1.60. The van der Waals surface area contributed by atoms with Gasteiger partial charge in [-0.3, -0.25) is 9.69 Å². The topological polar surface area (TPSA) is 39.1 Å². The number of rotatable bonds is 5. The molecule has 1 amide bonds. The van der Waals surface area contributed by atoms with Crippen molar-refractivity contribution in [2.45, 2.75) is 33.2 Å². The molecule has 6 heteroatoms. The normalized spacial score (nSPS) is 20.2. The molecule has 0 saturated carbocycles. The number of carbonyl (C=O) groups excluding carboxylic acids is 1. The highest BCUT2D eigenvalue weighted by atomic mass is 35.5. The Hall–Kier alpha value is -2.21. The third-order valence-electron chi connectivity index (χ3n) is 6.41. The number of halogens is 1. The lowest BCUT2D eigenvalue weighted by molar-refractivity contribution is -0.134. The van der Waals surface area contributed by atoms with Gasteiger partial charge in [-0.2, -0.15) is 5.10 Å². The highest BCUT2D eigenvalue weighted by Gasteiger charge is 2.35. The molecule has 4 rings (SSSR count). The maximum atomic E-state index is 13.4. The molecule has 2 heterocycles. The van der Waals surface area contributed by atoms with E-state index in [-0.39, 0.29) is 11.9 Å². The van der Waals surface area contributed by atoms with Crippen LogP contribution in [0.15, 0.2) is 47.6 Å². The van der Waals surface area contributed by atoms with E-state index in [1.54, 1.807) is 5.01 Å². The standard InChI is InChI=1S/C25H31ClN4O/c1-4-28-11-13-29(14-12-28)17-25(31)30-24(20-7-5-6-8-22(20)26)16-23(27-30)21-15-18(2)9-10-19(21)3/h5-10,15,24H,4,11-14,16-17H2,1-3H3. The van der Waals surface area contributed by atoms with Gasteiger partial charge in [0.25, 0.3) is 5.91 Å². The molecule has 1 atom stereocenters. The molecule has 0 N–H and O–H groups in total. The fraction of sp³-hybridized carbons (Fsp3) is 0.440. The SMILES string of the molecule is CCN1CCN(CC(=O)N2N=C(c3cc(C)ccc3C)CC2c2ccccc2Cl)CC1. The summed E-state index contributed by atoms with van der Waals surface area (Å²) in [7, 11) is 0. The molecule has 31 heavy (non-hydrogen) atoms. The molecule has 2 aliphatic rings. The smallest absolute Gasteiger partial charge is 0.257 e. The number of carbonyl (C=O) groups is 1. The van der Waals surface area contributed by atoms with Gasteiger partial charge in [0.2, 0.25) is 0 Å². The van der Waals surface area contributed by atoms with Gasteiger partial charge in [-0.15, -0.1) is 0 Å². The molecule has 1 fully saturated rings. The first-order chi connectivity index (χ1) is 15.0. The van der Waals surface area contributed by atoms with Crippen LogP contribution in [0.1, 0.15) is 41.6 Å². The van der Waals surface area contributed by atoms with Gasteiger partial charge in [0.05, 0.1) is 18.3 Å². The van der Waals surface area contributed by atoms with Crippen molar-refractivity contribution >= 4 is 23.2 Å². The number of nitrogens with zero attached hydrogens (tertiary/aromatic N) is 4.